The minimum atomic E-state index is -0.545. The summed E-state index contributed by atoms with van der Waals surface area (Å²) in [6.45, 7) is 10.0. The molecule has 0 saturated carbocycles. The van der Waals surface area contributed by atoms with E-state index in [-0.39, 0.29) is 11.5 Å². The van der Waals surface area contributed by atoms with Crippen LogP contribution in [0.2, 0.25) is 0 Å². The van der Waals surface area contributed by atoms with E-state index in [1.54, 1.807) is 26.2 Å². The third-order valence-electron chi connectivity index (χ3n) is 6.53. The Bertz CT molecular complexity index is 1390. The number of nitrogens with zero attached hydrogens (tertiary/aromatic N) is 2. The van der Waals surface area contributed by atoms with Crippen molar-refractivity contribution in [2.45, 2.75) is 34.6 Å². The Hall–Kier alpha value is -4.06. The molecular weight excluding hydrogens is 440 g/mol. The summed E-state index contributed by atoms with van der Waals surface area (Å²) in [4.78, 5) is 28.0. The first-order valence-electron chi connectivity index (χ1n) is 11.4. The normalized spacial score (nSPS) is 14.8. The van der Waals surface area contributed by atoms with Gasteiger partial charge in [0, 0.05) is 23.2 Å². The first-order chi connectivity index (χ1) is 16.7. The summed E-state index contributed by atoms with van der Waals surface area (Å²) in [5, 5.41) is 0. The maximum Gasteiger partial charge on any atom is 0.340 e. The Morgan fingerprint density at radius 2 is 1.57 bits per heavy atom. The molecule has 0 aliphatic carbocycles. The molecule has 35 heavy (non-hydrogen) atoms. The van der Waals surface area contributed by atoms with Crippen LogP contribution in [-0.4, -0.2) is 30.7 Å². The molecule has 0 fully saturated rings. The Kier molecular flexibility index (Phi) is 6.39. The molecule has 6 heteroatoms. The second-order valence-corrected chi connectivity index (χ2v) is 8.75. The first kappa shape index (κ1) is 24.1. The number of methoxy groups -OCH3 is 2. The lowest BCUT2D eigenvalue weighted by Gasteiger charge is -2.18. The minimum absolute atomic E-state index is 0.261. The molecule has 180 valence electrons. The summed E-state index contributed by atoms with van der Waals surface area (Å²) in [5.74, 6) is -0.207. The van der Waals surface area contributed by atoms with Gasteiger partial charge in [-0.15, -0.1) is 0 Å². The molecule has 0 atom stereocenters. The summed E-state index contributed by atoms with van der Waals surface area (Å²) in [6.07, 6.45) is 1.80. The standard InChI is InChI=1S/C29H30N2O4/c1-17-10-8-11-18(2)27(17)30-19(3)14-22(20(30)4)15-25-26(29(33)35-7)21(5)31(28(25)32)23-12-9-13-24(16-23)34-6/h8-16H,1-7H3/b25-15-. The van der Waals surface area contributed by atoms with Crippen LogP contribution >= 0.6 is 0 Å². The molecule has 1 aliphatic heterocycles. The average Bonchev–Trinajstić information content (AvgIpc) is 3.25. The number of carbonyl (C=O) groups is 2. The second-order valence-electron chi connectivity index (χ2n) is 8.75. The SMILES string of the molecule is COC(=O)C1=C(C)N(c2cccc(OC)c2)C(=O)/C1=C\c1cc(C)n(-c2c(C)cccc2C)c1C. The van der Waals surface area contributed by atoms with Crippen molar-refractivity contribution >= 4 is 23.6 Å². The Balaban J connectivity index is 1.88. The van der Waals surface area contributed by atoms with Gasteiger partial charge in [0.2, 0.25) is 0 Å². The number of anilines is 1. The van der Waals surface area contributed by atoms with Crippen LogP contribution in [0.1, 0.15) is 35.0 Å². The van der Waals surface area contributed by atoms with E-state index in [0.717, 1.165) is 33.8 Å². The van der Waals surface area contributed by atoms with Crippen molar-refractivity contribution in [2.75, 3.05) is 19.1 Å². The van der Waals surface area contributed by atoms with Crippen LogP contribution in [0, 0.1) is 27.7 Å². The van der Waals surface area contributed by atoms with E-state index in [0.29, 0.717) is 22.7 Å². The number of carbonyl (C=O) groups excluding carboxylic acids is 2. The van der Waals surface area contributed by atoms with Gasteiger partial charge < -0.3 is 14.0 Å². The predicted octanol–water partition coefficient (Wildman–Crippen LogP) is 5.60. The van der Waals surface area contributed by atoms with Crippen molar-refractivity contribution in [3.05, 3.63) is 93.5 Å². The number of allylic oxidation sites excluding steroid dienone is 1. The third kappa shape index (κ3) is 4.05. The topological polar surface area (TPSA) is 60.8 Å². The number of aryl methyl sites for hydroxylation is 3. The number of rotatable bonds is 5. The number of hydrogen-bond acceptors (Lipinski definition) is 4. The molecule has 6 nitrogen and oxygen atoms in total. The maximum absolute atomic E-state index is 13.7. The molecule has 2 aromatic carbocycles. The lowest BCUT2D eigenvalue weighted by atomic mass is 10.0. The zero-order chi connectivity index (χ0) is 25.4. The van der Waals surface area contributed by atoms with Crippen LogP contribution in [0.15, 0.2) is 65.4 Å². The van der Waals surface area contributed by atoms with Crippen molar-refractivity contribution in [1.82, 2.24) is 4.57 Å². The number of esters is 1. The summed E-state index contributed by atoms with van der Waals surface area (Å²) < 4.78 is 12.6. The van der Waals surface area contributed by atoms with E-state index in [4.69, 9.17) is 9.47 Å². The summed E-state index contributed by atoms with van der Waals surface area (Å²) in [5.41, 5.74) is 8.07. The first-order valence-corrected chi connectivity index (χ1v) is 11.4. The van der Waals surface area contributed by atoms with Crippen LogP contribution in [0.5, 0.6) is 5.75 Å². The zero-order valence-electron chi connectivity index (χ0n) is 21.2. The molecule has 0 bridgehead atoms. The molecule has 4 rings (SSSR count). The van der Waals surface area contributed by atoms with Crippen molar-refractivity contribution in [1.29, 1.82) is 0 Å². The van der Waals surface area contributed by atoms with Crippen molar-refractivity contribution in [3.63, 3.8) is 0 Å². The number of aromatic nitrogens is 1. The van der Waals surface area contributed by atoms with E-state index >= 15 is 0 Å². The van der Waals surface area contributed by atoms with E-state index in [2.05, 4.69) is 30.5 Å². The number of para-hydroxylation sites is 1. The van der Waals surface area contributed by atoms with E-state index in [1.165, 1.54) is 12.0 Å². The van der Waals surface area contributed by atoms with Gasteiger partial charge in [-0.2, -0.15) is 0 Å². The molecule has 0 unspecified atom stereocenters. The van der Waals surface area contributed by atoms with Crippen molar-refractivity contribution in [2.24, 2.45) is 0 Å². The second kappa shape index (κ2) is 9.29. The minimum Gasteiger partial charge on any atom is -0.497 e. The monoisotopic (exact) mass is 470 g/mol. The fourth-order valence-corrected chi connectivity index (χ4v) is 4.83. The van der Waals surface area contributed by atoms with Gasteiger partial charge in [0.1, 0.15) is 5.75 Å². The molecule has 0 spiro atoms. The van der Waals surface area contributed by atoms with Gasteiger partial charge in [-0.25, -0.2) is 4.79 Å². The Morgan fingerprint density at radius 1 is 0.914 bits per heavy atom. The van der Waals surface area contributed by atoms with Crippen molar-refractivity contribution < 1.29 is 19.1 Å². The van der Waals surface area contributed by atoms with Crippen LogP contribution in [0.4, 0.5) is 5.69 Å². The molecule has 3 aromatic rings. The van der Waals surface area contributed by atoms with Gasteiger partial charge >= 0.3 is 5.97 Å². The van der Waals surface area contributed by atoms with Crippen LogP contribution in [0.25, 0.3) is 11.8 Å². The van der Waals surface area contributed by atoms with Gasteiger partial charge in [0.05, 0.1) is 36.7 Å². The van der Waals surface area contributed by atoms with E-state index in [1.807, 2.05) is 44.2 Å². The number of benzene rings is 2. The molecule has 0 saturated heterocycles. The quantitative estimate of drug-likeness (QED) is 0.360. The van der Waals surface area contributed by atoms with Crippen LogP contribution in [0.3, 0.4) is 0 Å². The molecule has 2 heterocycles. The van der Waals surface area contributed by atoms with Gasteiger partial charge in [-0.05, 0) is 75.6 Å². The zero-order valence-corrected chi connectivity index (χ0v) is 21.2. The van der Waals surface area contributed by atoms with Gasteiger partial charge in [0.15, 0.2) is 0 Å². The molecule has 0 radical (unpaired) electrons. The fraction of sp³-hybridized carbons (Fsp3) is 0.241. The third-order valence-corrected chi connectivity index (χ3v) is 6.53. The molecule has 1 aromatic heterocycles. The molecular formula is C29H30N2O4. The summed E-state index contributed by atoms with van der Waals surface area (Å²) in [6, 6.07) is 15.5. The lowest BCUT2D eigenvalue weighted by molar-refractivity contribution is -0.136. The maximum atomic E-state index is 13.7. The van der Waals surface area contributed by atoms with Crippen LogP contribution < -0.4 is 9.64 Å². The predicted molar refractivity (Wildman–Crippen MR) is 138 cm³/mol. The summed E-state index contributed by atoms with van der Waals surface area (Å²) in [7, 11) is 2.90. The number of ether oxygens (including phenoxy) is 2. The van der Waals surface area contributed by atoms with Crippen molar-refractivity contribution in [3.8, 4) is 11.4 Å². The van der Waals surface area contributed by atoms with Gasteiger partial charge in [-0.1, -0.05) is 24.3 Å². The van der Waals surface area contributed by atoms with E-state index < -0.39 is 5.97 Å². The number of amides is 1. The highest BCUT2D eigenvalue weighted by atomic mass is 16.5. The highest BCUT2D eigenvalue weighted by Crippen LogP contribution is 2.37. The highest BCUT2D eigenvalue weighted by molar-refractivity contribution is 6.23. The Morgan fingerprint density at radius 3 is 2.20 bits per heavy atom. The fourth-order valence-electron chi connectivity index (χ4n) is 4.83. The average molecular weight is 471 g/mol. The molecule has 1 amide bonds. The van der Waals surface area contributed by atoms with Gasteiger partial charge in [0.25, 0.3) is 5.91 Å². The van der Waals surface area contributed by atoms with Gasteiger partial charge in [-0.3, -0.25) is 9.69 Å². The smallest absolute Gasteiger partial charge is 0.340 e. The molecule has 0 N–H and O–H groups in total. The highest BCUT2D eigenvalue weighted by Gasteiger charge is 2.38. The molecule has 1 aliphatic rings. The lowest BCUT2D eigenvalue weighted by Crippen LogP contribution is -2.24. The summed E-state index contributed by atoms with van der Waals surface area (Å²) >= 11 is 0. The van der Waals surface area contributed by atoms with Crippen LogP contribution in [-0.2, 0) is 14.3 Å². The largest absolute Gasteiger partial charge is 0.497 e. The Labute approximate surface area is 206 Å². The van der Waals surface area contributed by atoms with E-state index in [9.17, 15) is 9.59 Å². The number of hydrogen-bond donors (Lipinski definition) is 0.